The summed E-state index contributed by atoms with van der Waals surface area (Å²) in [6, 6.07) is 32.9. The van der Waals surface area contributed by atoms with Gasteiger partial charge in [0.05, 0.1) is 0 Å². The van der Waals surface area contributed by atoms with Crippen LogP contribution in [0, 0.1) is 0 Å². The predicted octanol–water partition coefficient (Wildman–Crippen LogP) is 1.91. The van der Waals surface area contributed by atoms with Crippen molar-refractivity contribution >= 4 is 42.4 Å². The molecule has 0 saturated heterocycles. The van der Waals surface area contributed by atoms with Crippen LogP contribution in [-0.4, -0.2) is 41.9 Å². The van der Waals surface area contributed by atoms with E-state index in [1.807, 2.05) is 0 Å². The summed E-state index contributed by atoms with van der Waals surface area (Å²) in [6.45, 7) is 0. The minimum atomic E-state index is -1.98. The van der Waals surface area contributed by atoms with Crippen LogP contribution in [0.1, 0.15) is 0 Å². The Morgan fingerprint density at radius 2 is 0.815 bits per heavy atom. The zero-order chi connectivity index (χ0) is 19.5. The fourth-order valence-corrected chi connectivity index (χ4v) is 9.81. The SMILES string of the molecule is O=C(O)C=CC(=O)O.c1cc[c]([Sn]([c]2ccccc2)[c]2ccccc2)cc1. The van der Waals surface area contributed by atoms with Gasteiger partial charge in [0.15, 0.2) is 0 Å². The van der Waals surface area contributed by atoms with Crippen LogP contribution in [0.15, 0.2) is 103 Å². The third kappa shape index (κ3) is 7.11. The molecule has 5 heteroatoms. The Bertz CT molecular complexity index is 768. The van der Waals surface area contributed by atoms with Gasteiger partial charge in [-0.1, -0.05) is 0 Å². The minimum absolute atomic E-state index is 0.558. The summed E-state index contributed by atoms with van der Waals surface area (Å²) in [7, 11) is 0. The summed E-state index contributed by atoms with van der Waals surface area (Å²) < 4.78 is 4.59. The molecule has 0 aliphatic heterocycles. The molecule has 0 amide bonds. The van der Waals surface area contributed by atoms with Crippen molar-refractivity contribution in [3.05, 3.63) is 103 Å². The summed E-state index contributed by atoms with van der Waals surface area (Å²) in [4.78, 5) is 19.1. The standard InChI is InChI=1S/3C6H5.C4H4O4.Sn/c3*1-2-4-6-5-3-1;5-3(6)1-2-4(7)8;/h3*1-5H;1-2H,(H,5,6)(H,7,8);. The second-order valence-electron chi connectivity index (χ2n) is 5.48. The first-order valence-electron chi connectivity index (χ1n) is 8.25. The van der Waals surface area contributed by atoms with Crippen LogP contribution in [0.25, 0.3) is 0 Å². The molecule has 0 heterocycles. The zero-order valence-electron chi connectivity index (χ0n) is 14.5. The first kappa shape index (κ1) is 20.5. The molecule has 27 heavy (non-hydrogen) atoms. The Hall–Kier alpha value is -2.86. The van der Waals surface area contributed by atoms with Crippen molar-refractivity contribution < 1.29 is 19.8 Å². The molecule has 0 atom stereocenters. The Morgan fingerprint density at radius 1 is 0.556 bits per heavy atom. The first-order valence-corrected chi connectivity index (χ1v) is 12.5. The van der Waals surface area contributed by atoms with Crippen molar-refractivity contribution in [3.8, 4) is 0 Å². The van der Waals surface area contributed by atoms with Gasteiger partial charge in [-0.05, 0) is 0 Å². The molecule has 0 saturated carbocycles. The van der Waals surface area contributed by atoms with E-state index in [0.717, 1.165) is 0 Å². The van der Waals surface area contributed by atoms with E-state index < -0.39 is 31.7 Å². The molecule has 0 aliphatic carbocycles. The zero-order valence-corrected chi connectivity index (χ0v) is 17.4. The van der Waals surface area contributed by atoms with Crippen LogP contribution in [0.4, 0.5) is 0 Å². The maximum absolute atomic E-state index is 9.55. The molecule has 0 spiro atoms. The van der Waals surface area contributed by atoms with E-state index in [9.17, 15) is 9.59 Å². The van der Waals surface area contributed by atoms with Crippen molar-refractivity contribution in [2.45, 2.75) is 0 Å². The first-order chi connectivity index (χ1) is 13.1. The fraction of sp³-hybridized carbons (Fsp3) is 0. The molecular weight excluding hydrogens is 447 g/mol. The number of hydrogen-bond acceptors (Lipinski definition) is 2. The van der Waals surface area contributed by atoms with E-state index in [1.54, 1.807) is 0 Å². The van der Waals surface area contributed by atoms with Gasteiger partial charge in [0, 0.05) is 12.2 Å². The van der Waals surface area contributed by atoms with Crippen LogP contribution in [0.3, 0.4) is 0 Å². The van der Waals surface area contributed by atoms with E-state index in [0.29, 0.717) is 12.2 Å². The van der Waals surface area contributed by atoms with Crippen LogP contribution < -0.4 is 10.7 Å². The number of aliphatic carboxylic acids is 2. The fourth-order valence-electron chi connectivity index (χ4n) is 2.46. The van der Waals surface area contributed by atoms with E-state index in [-0.39, 0.29) is 0 Å². The van der Waals surface area contributed by atoms with E-state index >= 15 is 0 Å². The molecule has 3 aromatic carbocycles. The molecule has 3 rings (SSSR count). The van der Waals surface area contributed by atoms with Crippen molar-refractivity contribution in [3.63, 3.8) is 0 Å². The van der Waals surface area contributed by atoms with Crippen molar-refractivity contribution in [1.29, 1.82) is 0 Å². The molecule has 4 nitrogen and oxygen atoms in total. The molecule has 3 aromatic rings. The second kappa shape index (κ2) is 11.0. The van der Waals surface area contributed by atoms with Crippen molar-refractivity contribution in [2.24, 2.45) is 0 Å². The number of carboxylic acid groups (broad SMARTS) is 2. The van der Waals surface area contributed by atoms with Crippen LogP contribution in [-0.2, 0) is 9.59 Å². The second-order valence-corrected chi connectivity index (χ2v) is 12.6. The Morgan fingerprint density at radius 3 is 1.04 bits per heavy atom. The van der Waals surface area contributed by atoms with Crippen molar-refractivity contribution in [2.75, 3.05) is 0 Å². The monoisotopic (exact) mass is 467 g/mol. The van der Waals surface area contributed by atoms with Gasteiger partial charge in [-0.25, -0.2) is 9.59 Å². The molecular formula is C22H19O4Sn. The Balaban J connectivity index is 0.000000279. The Labute approximate surface area is 165 Å². The summed E-state index contributed by atoms with van der Waals surface area (Å²) >= 11 is -1.98. The van der Waals surface area contributed by atoms with Gasteiger partial charge in [-0.15, -0.1) is 0 Å². The number of rotatable bonds is 5. The number of benzene rings is 3. The Kier molecular flexibility index (Phi) is 8.32. The molecule has 0 bridgehead atoms. The average molecular weight is 466 g/mol. The molecule has 2 N–H and O–H groups in total. The van der Waals surface area contributed by atoms with Crippen molar-refractivity contribution in [1.82, 2.24) is 0 Å². The third-order valence-corrected chi connectivity index (χ3v) is 11.4. The van der Waals surface area contributed by atoms with Gasteiger partial charge in [0.25, 0.3) is 0 Å². The number of carboxylic acids is 2. The summed E-state index contributed by atoms with van der Waals surface area (Å²) in [5.74, 6) is -2.51. The van der Waals surface area contributed by atoms with Gasteiger partial charge >= 0.3 is 133 Å². The van der Waals surface area contributed by atoms with Gasteiger partial charge in [-0.3, -0.25) is 0 Å². The van der Waals surface area contributed by atoms with Crippen LogP contribution in [0.2, 0.25) is 0 Å². The van der Waals surface area contributed by atoms with Crippen LogP contribution >= 0.6 is 0 Å². The van der Waals surface area contributed by atoms with Gasteiger partial charge in [0.1, 0.15) is 0 Å². The molecule has 1 radical (unpaired) electrons. The molecule has 135 valence electrons. The quantitative estimate of drug-likeness (QED) is 0.446. The number of carbonyl (C=O) groups is 2. The van der Waals surface area contributed by atoms with E-state index in [1.165, 1.54) is 10.7 Å². The maximum atomic E-state index is 9.55. The van der Waals surface area contributed by atoms with Crippen LogP contribution in [0.5, 0.6) is 0 Å². The van der Waals surface area contributed by atoms with E-state index in [4.69, 9.17) is 10.2 Å². The molecule has 0 unspecified atom stereocenters. The molecule has 0 aliphatic rings. The average Bonchev–Trinajstić information content (AvgIpc) is 2.70. The summed E-state index contributed by atoms with van der Waals surface area (Å²) in [6.07, 6.45) is 1.12. The summed E-state index contributed by atoms with van der Waals surface area (Å²) in [5.41, 5.74) is 0. The van der Waals surface area contributed by atoms with Gasteiger partial charge < -0.3 is 10.2 Å². The predicted molar refractivity (Wildman–Crippen MR) is 108 cm³/mol. The molecule has 0 fully saturated rings. The molecule has 0 aromatic heterocycles. The van der Waals surface area contributed by atoms with Gasteiger partial charge in [0.2, 0.25) is 0 Å². The summed E-state index contributed by atoms with van der Waals surface area (Å²) in [5, 5.41) is 15.6. The topological polar surface area (TPSA) is 74.6 Å². The number of hydrogen-bond donors (Lipinski definition) is 2. The van der Waals surface area contributed by atoms with E-state index in [2.05, 4.69) is 91.0 Å². The van der Waals surface area contributed by atoms with Gasteiger partial charge in [-0.2, -0.15) is 0 Å². The normalized spacial score (nSPS) is 10.3. The third-order valence-electron chi connectivity index (χ3n) is 3.56.